The Balaban J connectivity index is 2.07. The first-order chi connectivity index (χ1) is 8.36. The molecule has 2 amide bonds. The Kier molecular flexibility index (Phi) is 3.06. The number of rotatable bonds is 2. The van der Waals surface area contributed by atoms with Gasteiger partial charge in [0.25, 0.3) is 0 Å². The third-order valence-electron chi connectivity index (χ3n) is 2.54. The minimum Gasteiger partial charge on any atom is -0.397 e. The van der Waals surface area contributed by atoms with Crippen LogP contribution in [0.1, 0.15) is 18.4 Å². The standard InChI is InChI=1S/C11H12F3N3O/c12-11(13,14)6-1-4-9(8(15)5-6)17-10(18)16-7-2-3-7/h1,4-5,7H,2-3,15H2,(H2,16,17,18). The van der Waals surface area contributed by atoms with Crippen LogP contribution in [-0.4, -0.2) is 12.1 Å². The number of hydrogen-bond donors (Lipinski definition) is 3. The van der Waals surface area contributed by atoms with Crippen molar-refractivity contribution in [1.29, 1.82) is 0 Å². The number of amides is 2. The topological polar surface area (TPSA) is 67.1 Å². The predicted octanol–water partition coefficient (Wildman–Crippen LogP) is 2.57. The molecule has 98 valence electrons. The number of carbonyl (C=O) groups excluding carboxylic acids is 1. The van der Waals surface area contributed by atoms with Crippen LogP contribution in [0.3, 0.4) is 0 Å². The van der Waals surface area contributed by atoms with Gasteiger partial charge in [0.2, 0.25) is 0 Å². The molecule has 1 aliphatic carbocycles. The van der Waals surface area contributed by atoms with Gasteiger partial charge in [0.05, 0.1) is 16.9 Å². The summed E-state index contributed by atoms with van der Waals surface area (Å²) in [4.78, 5) is 11.4. The Morgan fingerprint density at radius 2 is 2.00 bits per heavy atom. The van der Waals surface area contributed by atoms with Crippen molar-refractivity contribution in [2.75, 3.05) is 11.1 Å². The van der Waals surface area contributed by atoms with Crippen LogP contribution in [0.5, 0.6) is 0 Å². The van der Waals surface area contributed by atoms with E-state index in [9.17, 15) is 18.0 Å². The quantitative estimate of drug-likeness (QED) is 0.714. The van der Waals surface area contributed by atoms with Gasteiger partial charge in [-0.1, -0.05) is 0 Å². The average Bonchev–Trinajstić information content (AvgIpc) is 3.03. The van der Waals surface area contributed by atoms with Crippen LogP contribution in [0.25, 0.3) is 0 Å². The van der Waals surface area contributed by atoms with E-state index in [4.69, 9.17) is 5.73 Å². The lowest BCUT2D eigenvalue weighted by atomic mass is 10.1. The zero-order chi connectivity index (χ0) is 13.3. The van der Waals surface area contributed by atoms with E-state index in [1.165, 1.54) is 0 Å². The van der Waals surface area contributed by atoms with Crippen LogP contribution in [-0.2, 0) is 6.18 Å². The molecule has 4 N–H and O–H groups in total. The maximum atomic E-state index is 12.4. The van der Waals surface area contributed by atoms with Crippen molar-refractivity contribution in [3.8, 4) is 0 Å². The highest BCUT2D eigenvalue weighted by molar-refractivity contribution is 5.93. The van der Waals surface area contributed by atoms with Crippen molar-refractivity contribution in [1.82, 2.24) is 5.32 Å². The molecular formula is C11H12F3N3O. The highest BCUT2D eigenvalue weighted by Crippen LogP contribution is 2.32. The van der Waals surface area contributed by atoms with Crippen LogP contribution in [0, 0.1) is 0 Å². The summed E-state index contributed by atoms with van der Waals surface area (Å²) in [6.07, 6.45) is -2.59. The number of nitrogen functional groups attached to an aromatic ring is 1. The van der Waals surface area contributed by atoms with Gasteiger partial charge >= 0.3 is 12.2 Å². The Morgan fingerprint density at radius 3 is 2.50 bits per heavy atom. The smallest absolute Gasteiger partial charge is 0.397 e. The SMILES string of the molecule is Nc1cc(C(F)(F)F)ccc1NC(=O)NC1CC1. The molecule has 1 aromatic rings. The van der Waals surface area contributed by atoms with E-state index in [-0.39, 0.29) is 17.4 Å². The van der Waals surface area contributed by atoms with Crippen molar-refractivity contribution in [2.24, 2.45) is 0 Å². The fourth-order valence-electron chi connectivity index (χ4n) is 1.42. The van der Waals surface area contributed by atoms with Crippen molar-refractivity contribution < 1.29 is 18.0 Å². The molecule has 0 heterocycles. The zero-order valence-electron chi connectivity index (χ0n) is 9.34. The van der Waals surface area contributed by atoms with Gasteiger partial charge < -0.3 is 16.4 Å². The number of benzene rings is 1. The monoisotopic (exact) mass is 259 g/mol. The van der Waals surface area contributed by atoms with Gasteiger partial charge in [0, 0.05) is 6.04 Å². The molecule has 0 aromatic heterocycles. The van der Waals surface area contributed by atoms with E-state index in [0.717, 1.165) is 31.0 Å². The number of halogens is 3. The summed E-state index contributed by atoms with van der Waals surface area (Å²) in [5.41, 5.74) is 4.68. The normalized spacial score (nSPS) is 15.3. The number of hydrogen-bond acceptors (Lipinski definition) is 2. The number of alkyl halides is 3. The summed E-state index contributed by atoms with van der Waals surface area (Å²) in [5.74, 6) is 0. The minimum atomic E-state index is -4.44. The maximum absolute atomic E-state index is 12.4. The van der Waals surface area contributed by atoms with E-state index >= 15 is 0 Å². The molecule has 0 unspecified atom stereocenters. The Morgan fingerprint density at radius 1 is 1.33 bits per heavy atom. The van der Waals surface area contributed by atoms with Gasteiger partial charge in [-0.05, 0) is 31.0 Å². The molecule has 0 radical (unpaired) electrons. The summed E-state index contributed by atoms with van der Waals surface area (Å²) in [5, 5.41) is 5.06. The minimum absolute atomic E-state index is 0.115. The lowest BCUT2D eigenvalue weighted by Gasteiger charge is -2.12. The second-order valence-corrected chi connectivity index (χ2v) is 4.17. The molecule has 0 aliphatic heterocycles. The molecule has 2 rings (SSSR count). The third kappa shape index (κ3) is 3.06. The molecule has 1 saturated carbocycles. The largest absolute Gasteiger partial charge is 0.416 e. The van der Waals surface area contributed by atoms with Gasteiger partial charge in [0.1, 0.15) is 0 Å². The van der Waals surface area contributed by atoms with Gasteiger partial charge in [0.15, 0.2) is 0 Å². The van der Waals surface area contributed by atoms with E-state index in [2.05, 4.69) is 10.6 Å². The van der Waals surface area contributed by atoms with Crippen molar-refractivity contribution >= 4 is 17.4 Å². The highest BCUT2D eigenvalue weighted by Gasteiger charge is 2.31. The van der Waals surface area contributed by atoms with Crippen LogP contribution >= 0.6 is 0 Å². The number of anilines is 2. The van der Waals surface area contributed by atoms with Gasteiger partial charge in [-0.3, -0.25) is 0 Å². The number of nitrogens with one attached hydrogen (secondary N) is 2. The maximum Gasteiger partial charge on any atom is 0.416 e. The highest BCUT2D eigenvalue weighted by atomic mass is 19.4. The van der Waals surface area contributed by atoms with Gasteiger partial charge in [-0.2, -0.15) is 13.2 Å². The van der Waals surface area contributed by atoms with Gasteiger partial charge in [-0.15, -0.1) is 0 Å². The fourth-order valence-corrected chi connectivity index (χ4v) is 1.42. The lowest BCUT2D eigenvalue weighted by Crippen LogP contribution is -2.30. The molecule has 0 atom stereocenters. The van der Waals surface area contributed by atoms with Crippen molar-refractivity contribution in [3.63, 3.8) is 0 Å². The summed E-state index contributed by atoms with van der Waals surface area (Å²) >= 11 is 0. The molecule has 1 fully saturated rings. The summed E-state index contributed by atoms with van der Waals surface area (Å²) < 4.78 is 37.2. The molecule has 1 aliphatic rings. The lowest BCUT2D eigenvalue weighted by molar-refractivity contribution is -0.137. The fraction of sp³-hybridized carbons (Fsp3) is 0.364. The third-order valence-corrected chi connectivity index (χ3v) is 2.54. The Bertz CT molecular complexity index is 469. The van der Waals surface area contributed by atoms with Crippen LogP contribution in [0.2, 0.25) is 0 Å². The first-order valence-electron chi connectivity index (χ1n) is 5.40. The van der Waals surface area contributed by atoms with Crippen molar-refractivity contribution in [3.05, 3.63) is 23.8 Å². The molecule has 0 spiro atoms. The van der Waals surface area contributed by atoms with Crippen LogP contribution < -0.4 is 16.4 Å². The van der Waals surface area contributed by atoms with E-state index < -0.39 is 17.8 Å². The predicted molar refractivity (Wildman–Crippen MR) is 61.0 cm³/mol. The number of carbonyl (C=O) groups is 1. The first-order valence-corrected chi connectivity index (χ1v) is 5.40. The second-order valence-electron chi connectivity index (χ2n) is 4.17. The van der Waals surface area contributed by atoms with Crippen LogP contribution in [0.15, 0.2) is 18.2 Å². The number of nitrogens with two attached hydrogens (primary N) is 1. The van der Waals surface area contributed by atoms with Gasteiger partial charge in [-0.25, -0.2) is 4.79 Å². The Labute approximate surface area is 101 Å². The summed E-state index contributed by atoms with van der Waals surface area (Å²) in [6.45, 7) is 0. The summed E-state index contributed by atoms with van der Waals surface area (Å²) in [6, 6.07) is 2.53. The van der Waals surface area contributed by atoms with E-state index in [0.29, 0.717) is 0 Å². The van der Waals surface area contributed by atoms with E-state index in [1.54, 1.807) is 0 Å². The molecule has 0 bridgehead atoms. The number of urea groups is 1. The Hall–Kier alpha value is -1.92. The molecule has 18 heavy (non-hydrogen) atoms. The molecular weight excluding hydrogens is 247 g/mol. The summed E-state index contributed by atoms with van der Waals surface area (Å²) in [7, 11) is 0. The molecule has 0 saturated heterocycles. The first kappa shape index (κ1) is 12.5. The average molecular weight is 259 g/mol. The molecule has 7 heteroatoms. The van der Waals surface area contributed by atoms with Crippen molar-refractivity contribution in [2.45, 2.75) is 25.1 Å². The molecule has 1 aromatic carbocycles. The second kappa shape index (κ2) is 4.40. The van der Waals surface area contributed by atoms with Crippen LogP contribution in [0.4, 0.5) is 29.3 Å². The van der Waals surface area contributed by atoms with E-state index in [1.807, 2.05) is 0 Å². The zero-order valence-corrected chi connectivity index (χ0v) is 9.34. The molecule has 4 nitrogen and oxygen atoms in total.